The standard InChI is InChI=1S/C17H20N4O3/c1-9(2)5-6-24-15-12(17(22)23)8-18-16-14(15)11(4)19-13-7-10(3)20-21(13)16/h7-9H,5-6H2,1-4H3,(H,22,23). The Labute approximate surface area is 139 Å². The average Bonchev–Trinajstić information content (AvgIpc) is 2.86. The number of aromatic carboxylic acids is 1. The Morgan fingerprint density at radius 2 is 2.12 bits per heavy atom. The van der Waals surface area contributed by atoms with Crippen molar-refractivity contribution in [3.63, 3.8) is 0 Å². The summed E-state index contributed by atoms with van der Waals surface area (Å²) in [5.74, 6) is -0.292. The third-order valence-electron chi connectivity index (χ3n) is 3.84. The van der Waals surface area contributed by atoms with E-state index in [9.17, 15) is 9.90 Å². The van der Waals surface area contributed by atoms with Crippen molar-refractivity contribution >= 4 is 22.6 Å². The molecule has 0 saturated carbocycles. The van der Waals surface area contributed by atoms with Crippen LogP contribution in [0.2, 0.25) is 0 Å². The lowest BCUT2D eigenvalue weighted by atomic mass is 10.1. The van der Waals surface area contributed by atoms with Gasteiger partial charge in [-0.25, -0.2) is 14.8 Å². The van der Waals surface area contributed by atoms with Crippen molar-refractivity contribution in [3.05, 3.63) is 29.2 Å². The van der Waals surface area contributed by atoms with Gasteiger partial charge in [0.2, 0.25) is 0 Å². The number of pyridine rings is 1. The lowest BCUT2D eigenvalue weighted by Gasteiger charge is -2.14. The number of carboxylic acids is 1. The molecule has 0 atom stereocenters. The van der Waals surface area contributed by atoms with Crippen LogP contribution in [-0.2, 0) is 0 Å². The molecule has 7 nitrogen and oxygen atoms in total. The zero-order chi connectivity index (χ0) is 17.4. The Bertz CT molecular complexity index is 931. The molecule has 3 aromatic rings. The summed E-state index contributed by atoms with van der Waals surface area (Å²) < 4.78 is 7.48. The number of aromatic nitrogens is 4. The highest BCUT2D eigenvalue weighted by Crippen LogP contribution is 2.31. The van der Waals surface area contributed by atoms with E-state index in [1.54, 1.807) is 4.52 Å². The van der Waals surface area contributed by atoms with Crippen molar-refractivity contribution in [2.24, 2.45) is 5.92 Å². The van der Waals surface area contributed by atoms with Gasteiger partial charge in [-0.2, -0.15) is 9.61 Å². The number of carbonyl (C=O) groups is 1. The van der Waals surface area contributed by atoms with Crippen LogP contribution in [0.3, 0.4) is 0 Å². The third kappa shape index (κ3) is 2.77. The van der Waals surface area contributed by atoms with Gasteiger partial charge in [-0.3, -0.25) is 0 Å². The molecule has 0 spiro atoms. The largest absolute Gasteiger partial charge is 0.492 e. The summed E-state index contributed by atoms with van der Waals surface area (Å²) in [6.45, 7) is 8.32. The average molecular weight is 328 g/mol. The zero-order valence-electron chi connectivity index (χ0n) is 14.2. The number of nitrogens with zero attached hydrogens (tertiary/aromatic N) is 4. The van der Waals surface area contributed by atoms with Crippen LogP contribution in [0.1, 0.15) is 42.0 Å². The topological polar surface area (TPSA) is 89.6 Å². The van der Waals surface area contributed by atoms with Gasteiger partial charge in [0.25, 0.3) is 0 Å². The maximum absolute atomic E-state index is 11.6. The summed E-state index contributed by atoms with van der Waals surface area (Å²) in [7, 11) is 0. The number of aryl methyl sites for hydroxylation is 2. The predicted octanol–water partition coefficient (Wildman–Crippen LogP) is 3.02. The van der Waals surface area contributed by atoms with E-state index in [1.165, 1.54) is 6.20 Å². The van der Waals surface area contributed by atoms with Crippen LogP contribution >= 0.6 is 0 Å². The summed E-state index contributed by atoms with van der Waals surface area (Å²) in [6, 6.07) is 1.86. The van der Waals surface area contributed by atoms with Crippen molar-refractivity contribution in [2.75, 3.05) is 6.61 Å². The maximum Gasteiger partial charge on any atom is 0.341 e. The van der Waals surface area contributed by atoms with Crippen LogP contribution in [0.15, 0.2) is 12.3 Å². The number of ether oxygens (including phenoxy) is 1. The van der Waals surface area contributed by atoms with Gasteiger partial charge in [0, 0.05) is 12.3 Å². The highest BCUT2D eigenvalue weighted by atomic mass is 16.5. The molecule has 0 bridgehead atoms. The van der Waals surface area contributed by atoms with Gasteiger partial charge in [0.1, 0.15) is 11.3 Å². The first-order valence-corrected chi connectivity index (χ1v) is 7.90. The minimum atomic E-state index is -1.07. The van der Waals surface area contributed by atoms with Crippen molar-refractivity contribution < 1.29 is 14.6 Å². The van der Waals surface area contributed by atoms with Crippen LogP contribution < -0.4 is 4.74 Å². The fourth-order valence-electron chi connectivity index (χ4n) is 2.62. The molecule has 0 saturated heterocycles. The first-order valence-electron chi connectivity index (χ1n) is 7.90. The summed E-state index contributed by atoms with van der Waals surface area (Å²) >= 11 is 0. The molecule has 0 aliphatic carbocycles. The summed E-state index contributed by atoms with van der Waals surface area (Å²) in [5.41, 5.74) is 2.77. The molecule has 3 heterocycles. The smallest absolute Gasteiger partial charge is 0.341 e. The molecular formula is C17H20N4O3. The molecule has 0 unspecified atom stereocenters. The van der Waals surface area contributed by atoms with Gasteiger partial charge in [0.15, 0.2) is 11.3 Å². The Morgan fingerprint density at radius 3 is 2.79 bits per heavy atom. The Balaban J connectivity index is 2.25. The second-order valence-electron chi connectivity index (χ2n) is 6.29. The molecule has 3 aromatic heterocycles. The van der Waals surface area contributed by atoms with Crippen LogP contribution in [0.4, 0.5) is 0 Å². The second-order valence-corrected chi connectivity index (χ2v) is 6.29. The molecule has 24 heavy (non-hydrogen) atoms. The molecule has 0 aromatic carbocycles. The van der Waals surface area contributed by atoms with E-state index in [-0.39, 0.29) is 5.56 Å². The van der Waals surface area contributed by atoms with Crippen LogP contribution in [0, 0.1) is 19.8 Å². The Hall–Kier alpha value is -2.70. The Kier molecular flexibility index (Phi) is 4.09. The fraction of sp³-hybridized carbons (Fsp3) is 0.412. The SMILES string of the molecule is Cc1cc2nc(C)c3c(OCCC(C)C)c(C(=O)O)cnc3n2n1. The first-order chi connectivity index (χ1) is 11.4. The minimum absolute atomic E-state index is 0.0411. The van der Waals surface area contributed by atoms with Gasteiger partial charge in [-0.1, -0.05) is 13.8 Å². The predicted molar refractivity (Wildman–Crippen MR) is 89.7 cm³/mol. The quantitative estimate of drug-likeness (QED) is 0.774. The van der Waals surface area contributed by atoms with Gasteiger partial charge in [0.05, 0.1) is 23.4 Å². The molecule has 126 valence electrons. The Morgan fingerprint density at radius 1 is 1.38 bits per heavy atom. The lowest BCUT2D eigenvalue weighted by Crippen LogP contribution is -2.10. The van der Waals surface area contributed by atoms with Gasteiger partial charge >= 0.3 is 5.97 Å². The van der Waals surface area contributed by atoms with E-state index in [2.05, 4.69) is 28.9 Å². The summed E-state index contributed by atoms with van der Waals surface area (Å²) in [5, 5.41) is 14.5. The second kappa shape index (κ2) is 6.07. The number of hydrogen-bond donors (Lipinski definition) is 1. The summed E-state index contributed by atoms with van der Waals surface area (Å²) in [6.07, 6.45) is 2.16. The maximum atomic E-state index is 11.6. The molecule has 1 N–H and O–H groups in total. The lowest BCUT2D eigenvalue weighted by molar-refractivity contribution is 0.0692. The van der Waals surface area contributed by atoms with E-state index in [4.69, 9.17) is 4.74 Å². The minimum Gasteiger partial charge on any atom is -0.492 e. The highest BCUT2D eigenvalue weighted by Gasteiger charge is 2.21. The van der Waals surface area contributed by atoms with E-state index in [0.717, 1.165) is 12.1 Å². The highest BCUT2D eigenvalue weighted by molar-refractivity contribution is 5.99. The first kappa shape index (κ1) is 16.2. The number of rotatable bonds is 5. The number of hydrogen-bond acceptors (Lipinski definition) is 5. The number of carboxylic acid groups (broad SMARTS) is 1. The molecule has 3 rings (SSSR count). The van der Waals surface area contributed by atoms with Crippen LogP contribution in [-0.4, -0.2) is 37.3 Å². The zero-order valence-corrected chi connectivity index (χ0v) is 14.2. The van der Waals surface area contributed by atoms with Crippen molar-refractivity contribution in [1.29, 1.82) is 0 Å². The normalized spacial score (nSPS) is 11.5. The number of fused-ring (bicyclic) bond motifs is 3. The molecule has 0 fully saturated rings. The monoisotopic (exact) mass is 328 g/mol. The van der Waals surface area contributed by atoms with E-state index in [0.29, 0.717) is 40.6 Å². The van der Waals surface area contributed by atoms with Gasteiger partial charge in [-0.15, -0.1) is 0 Å². The summed E-state index contributed by atoms with van der Waals surface area (Å²) in [4.78, 5) is 20.4. The van der Waals surface area contributed by atoms with Crippen LogP contribution in [0.5, 0.6) is 5.75 Å². The molecular weight excluding hydrogens is 308 g/mol. The van der Waals surface area contributed by atoms with E-state index < -0.39 is 5.97 Å². The molecule has 0 aliphatic heterocycles. The van der Waals surface area contributed by atoms with Crippen LogP contribution in [0.25, 0.3) is 16.7 Å². The van der Waals surface area contributed by atoms with E-state index in [1.807, 2.05) is 19.9 Å². The van der Waals surface area contributed by atoms with Crippen molar-refractivity contribution in [3.8, 4) is 5.75 Å². The van der Waals surface area contributed by atoms with Gasteiger partial charge < -0.3 is 9.84 Å². The van der Waals surface area contributed by atoms with E-state index >= 15 is 0 Å². The van der Waals surface area contributed by atoms with Gasteiger partial charge in [-0.05, 0) is 26.2 Å². The fourth-order valence-corrected chi connectivity index (χ4v) is 2.62. The molecule has 0 aliphatic rings. The molecule has 7 heteroatoms. The third-order valence-corrected chi connectivity index (χ3v) is 3.84. The molecule has 0 radical (unpaired) electrons. The van der Waals surface area contributed by atoms with Crippen molar-refractivity contribution in [1.82, 2.24) is 19.6 Å². The molecule has 0 amide bonds. The van der Waals surface area contributed by atoms with Crippen molar-refractivity contribution in [2.45, 2.75) is 34.1 Å².